The first-order valence-electron chi connectivity index (χ1n) is 9.97. The number of carbonyl (C=O) groups is 2. The molecular weight excluding hydrogens is 428 g/mol. The fourth-order valence-electron chi connectivity index (χ4n) is 3.94. The summed E-state index contributed by atoms with van der Waals surface area (Å²) >= 11 is 1.32. The molecule has 0 saturated carbocycles. The summed E-state index contributed by atoms with van der Waals surface area (Å²) < 4.78 is 8.32. The molecule has 1 amide bonds. The number of aryl methyl sites for hydroxylation is 5. The molecule has 0 spiro atoms. The van der Waals surface area contributed by atoms with Gasteiger partial charge in [-0.15, -0.1) is 11.3 Å². The Balaban J connectivity index is 1.89. The molecule has 0 radical (unpaired) electrons. The molecule has 0 unspecified atom stereocenters. The maximum atomic E-state index is 13.5. The summed E-state index contributed by atoms with van der Waals surface area (Å²) in [6, 6.07) is 3.47. The summed E-state index contributed by atoms with van der Waals surface area (Å²) in [5.74, 6) is -0.842. The molecule has 4 aromatic rings. The number of hydrogen-bond donors (Lipinski definition) is 1. The number of ether oxygens (including phenoxy) is 1. The van der Waals surface area contributed by atoms with Crippen molar-refractivity contribution in [2.24, 2.45) is 14.1 Å². The molecule has 0 fully saturated rings. The summed E-state index contributed by atoms with van der Waals surface area (Å²) in [6.07, 6.45) is 0. The van der Waals surface area contributed by atoms with Gasteiger partial charge in [-0.2, -0.15) is 10.2 Å². The number of carbonyl (C=O) groups excluding carboxylic acids is 2. The monoisotopic (exact) mass is 452 g/mol. The Morgan fingerprint density at radius 3 is 2.31 bits per heavy atom. The van der Waals surface area contributed by atoms with Gasteiger partial charge >= 0.3 is 5.97 Å². The zero-order valence-corrected chi connectivity index (χ0v) is 19.8. The van der Waals surface area contributed by atoms with Gasteiger partial charge in [-0.1, -0.05) is 0 Å². The topological polar surface area (TPSA) is 104 Å². The zero-order chi connectivity index (χ0) is 23.3. The Kier molecular flexibility index (Phi) is 5.33. The van der Waals surface area contributed by atoms with Crippen LogP contribution >= 0.6 is 11.3 Å². The van der Waals surface area contributed by atoms with E-state index in [1.807, 2.05) is 34.7 Å². The number of methoxy groups -OCH3 is 1. The molecule has 0 saturated heterocycles. The largest absolute Gasteiger partial charge is 0.465 e. The van der Waals surface area contributed by atoms with Crippen molar-refractivity contribution in [3.63, 3.8) is 0 Å². The minimum atomic E-state index is -0.496. The Bertz CT molecular complexity index is 1390. The smallest absolute Gasteiger partial charge is 0.340 e. The molecule has 4 rings (SSSR count). The number of esters is 1. The number of fused-ring (bicyclic) bond motifs is 1. The molecule has 0 aliphatic heterocycles. The number of rotatable bonds is 4. The van der Waals surface area contributed by atoms with Crippen molar-refractivity contribution in [2.75, 3.05) is 12.4 Å². The first-order valence-corrected chi connectivity index (χ1v) is 10.8. The summed E-state index contributed by atoms with van der Waals surface area (Å²) in [4.78, 5) is 31.3. The minimum Gasteiger partial charge on any atom is -0.465 e. The van der Waals surface area contributed by atoms with Gasteiger partial charge in [0.1, 0.15) is 5.00 Å². The van der Waals surface area contributed by atoms with Gasteiger partial charge in [0.25, 0.3) is 5.91 Å². The molecule has 9 nitrogen and oxygen atoms in total. The number of nitrogens with zero attached hydrogens (tertiary/aromatic N) is 5. The number of anilines is 1. The van der Waals surface area contributed by atoms with E-state index in [2.05, 4.69) is 15.5 Å². The molecule has 0 atom stereocenters. The van der Waals surface area contributed by atoms with Crippen molar-refractivity contribution in [1.29, 1.82) is 0 Å². The van der Waals surface area contributed by atoms with E-state index < -0.39 is 5.97 Å². The van der Waals surface area contributed by atoms with E-state index in [0.717, 1.165) is 21.8 Å². The van der Waals surface area contributed by atoms with Crippen LogP contribution in [-0.2, 0) is 18.8 Å². The SMILES string of the molecule is COC(=O)c1cc(C)sc1NC(=O)c1cc(-c2c(C)nn(C)c2C)nc2c1c(C)nn2C. The van der Waals surface area contributed by atoms with Crippen molar-refractivity contribution < 1.29 is 14.3 Å². The second-order valence-corrected chi connectivity index (χ2v) is 8.93. The molecule has 32 heavy (non-hydrogen) atoms. The van der Waals surface area contributed by atoms with Gasteiger partial charge in [-0.3, -0.25) is 14.2 Å². The average Bonchev–Trinajstić information content (AvgIpc) is 3.33. The van der Waals surface area contributed by atoms with Crippen molar-refractivity contribution in [3.8, 4) is 11.3 Å². The van der Waals surface area contributed by atoms with Crippen molar-refractivity contribution in [3.05, 3.63) is 45.2 Å². The number of thiophene rings is 1. The van der Waals surface area contributed by atoms with E-state index in [9.17, 15) is 9.59 Å². The molecule has 0 aliphatic carbocycles. The summed E-state index contributed by atoms with van der Waals surface area (Å²) in [5.41, 5.74) is 5.35. The predicted octanol–water partition coefficient (Wildman–Crippen LogP) is 3.70. The third-order valence-corrected chi connectivity index (χ3v) is 6.43. The third-order valence-electron chi connectivity index (χ3n) is 5.47. The van der Waals surface area contributed by atoms with Crippen LogP contribution < -0.4 is 5.32 Å². The maximum absolute atomic E-state index is 13.5. The van der Waals surface area contributed by atoms with Gasteiger partial charge in [0.2, 0.25) is 0 Å². The summed E-state index contributed by atoms with van der Waals surface area (Å²) in [5, 5.41) is 13.0. The lowest BCUT2D eigenvalue weighted by atomic mass is 10.0. The van der Waals surface area contributed by atoms with Gasteiger partial charge < -0.3 is 10.1 Å². The summed E-state index contributed by atoms with van der Waals surface area (Å²) in [7, 11) is 4.99. The van der Waals surface area contributed by atoms with E-state index in [1.54, 1.807) is 28.5 Å². The second kappa shape index (κ2) is 7.86. The number of amides is 1. The van der Waals surface area contributed by atoms with Gasteiger partial charge in [0.15, 0.2) is 5.65 Å². The predicted molar refractivity (Wildman–Crippen MR) is 123 cm³/mol. The molecule has 10 heteroatoms. The number of aromatic nitrogens is 5. The Morgan fingerprint density at radius 1 is 1.00 bits per heavy atom. The maximum Gasteiger partial charge on any atom is 0.340 e. The van der Waals surface area contributed by atoms with Crippen LogP contribution in [0.25, 0.3) is 22.3 Å². The molecule has 1 N–H and O–H groups in total. The van der Waals surface area contributed by atoms with Crippen molar-refractivity contribution >= 4 is 39.2 Å². The van der Waals surface area contributed by atoms with E-state index >= 15 is 0 Å². The Hall–Kier alpha value is -3.53. The van der Waals surface area contributed by atoms with Crippen LogP contribution in [0.15, 0.2) is 12.1 Å². The minimum absolute atomic E-state index is 0.329. The fraction of sp³-hybridized carbons (Fsp3) is 0.318. The van der Waals surface area contributed by atoms with Crippen LogP contribution in [0.1, 0.15) is 42.7 Å². The highest BCUT2D eigenvalue weighted by atomic mass is 32.1. The summed E-state index contributed by atoms with van der Waals surface area (Å²) in [6.45, 7) is 7.59. The molecular formula is C22H24N6O3S. The highest BCUT2D eigenvalue weighted by Gasteiger charge is 2.24. The van der Waals surface area contributed by atoms with Gasteiger partial charge in [0, 0.05) is 30.2 Å². The number of hydrogen-bond acceptors (Lipinski definition) is 7. The van der Waals surface area contributed by atoms with Crippen LogP contribution in [-0.4, -0.2) is 43.5 Å². The van der Waals surface area contributed by atoms with Crippen LogP contribution in [0.3, 0.4) is 0 Å². The second-order valence-electron chi connectivity index (χ2n) is 7.68. The zero-order valence-electron chi connectivity index (χ0n) is 19.0. The van der Waals surface area contributed by atoms with E-state index in [4.69, 9.17) is 9.72 Å². The lowest BCUT2D eigenvalue weighted by Gasteiger charge is -2.10. The fourth-order valence-corrected chi connectivity index (χ4v) is 4.83. The van der Waals surface area contributed by atoms with Crippen LogP contribution in [0, 0.1) is 27.7 Å². The van der Waals surface area contributed by atoms with Crippen molar-refractivity contribution in [2.45, 2.75) is 27.7 Å². The highest BCUT2D eigenvalue weighted by molar-refractivity contribution is 7.16. The standard InChI is InChI=1S/C22H24N6O3S/c1-10-8-15(22(30)31-7)21(32-10)24-20(29)14-9-16(17-11(2)25-27(5)13(17)4)23-19-18(14)12(3)26-28(19)6/h8-9H,1-7H3,(H,24,29). The first kappa shape index (κ1) is 21.7. The lowest BCUT2D eigenvalue weighted by molar-refractivity contribution is 0.0602. The Morgan fingerprint density at radius 2 is 1.69 bits per heavy atom. The van der Waals surface area contributed by atoms with E-state index in [0.29, 0.717) is 38.5 Å². The molecule has 4 heterocycles. The molecule has 4 aromatic heterocycles. The van der Waals surface area contributed by atoms with Gasteiger partial charge in [-0.05, 0) is 39.8 Å². The quantitative estimate of drug-likeness (QED) is 0.474. The molecule has 0 aliphatic rings. The van der Waals surface area contributed by atoms with Crippen LogP contribution in [0.4, 0.5) is 5.00 Å². The Labute approximate surface area is 189 Å². The number of nitrogens with one attached hydrogen (secondary N) is 1. The lowest BCUT2D eigenvalue weighted by Crippen LogP contribution is -2.15. The van der Waals surface area contributed by atoms with Gasteiger partial charge in [-0.25, -0.2) is 9.78 Å². The molecule has 0 bridgehead atoms. The van der Waals surface area contributed by atoms with Crippen LogP contribution in [0.2, 0.25) is 0 Å². The highest BCUT2D eigenvalue weighted by Crippen LogP contribution is 2.33. The number of pyridine rings is 1. The molecule has 0 aromatic carbocycles. The van der Waals surface area contributed by atoms with Gasteiger partial charge in [0.05, 0.1) is 40.7 Å². The normalized spacial score (nSPS) is 11.2. The average molecular weight is 453 g/mol. The first-order chi connectivity index (χ1) is 15.1. The van der Waals surface area contributed by atoms with Crippen molar-refractivity contribution in [1.82, 2.24) is 24.5 Å². The van der Waals surface area contributed by atoms with E-state index in [1.165, 1.54) is 18.4 Å². The van der Waals surface area contributed by atoms with Crippen LogP contribution in [0.5, 0.6) is 0 Å². The third kappa shape index (κ3) is 3.46. The molecule has 166 valence electrons. The van der Waals surface area contributed by atoms with E-state index in [-0.39, 0.29) is 5.91 Å².